The summed E-state index contributed by atoms with van der Waals surface area (Å²) >= 11 is 0. The Morgan fingerprint density at radius 3 is 1.54 bits per heavy atom. The Labute approximate surface area is 168 Å². The molecule has 2 heteroatoms. The lowest BCUT2D eigenvalue weighted by molar-refractivity contribution is 0.756. The van der Waals surface area contributed by atoms with E-state index in [2.05, 4.69) is 118 Å². The summed E-state index contributed by atoms with van der Waals surface area (Å²) in [4.78, 5) is 4.60. The van der Waals surface area contributed by atoms with Crippen LogP contribution < -0.4 is 9.80 Å². The largest absolute Gasteiger partial charge is 0.377 e. The Balaban J connectivity index is 2.20. The van der Waals surface area contributed by atoms with E-state index < -0.39 is 0 Å². The molecule has 0 aliphatic carbocycles. The molecule has 4 aromatic carbocycles. The van der Waals surface area contributed by atoms with Gasteiger partial charge in [0.15, 0.2) is 0 Å². The molecule has 0 unspecified atom stereocenters. The van der Waals surface area contributed by atoms with Gasteiger partial charge in [-0.1, -0.05) is 60.7 Å². The van der Waals surface area contributed by atoms with Crippen molar-refractivity contribution in [1.29, 1.82) is 0 Å². The molecule has 142 valence electrons. The molecule has 0 atom stereocenters. The van der Waals surface area contributed by atoms with Crippen molar-refractivity contribution < 1.29 is 0 Å². The number of nitrogens with zero attached hydrogens (tertiary/aromatic N) is 2. The highest BCUT2D eigenvalue weighted by atomic mass is 15.1. The van der Waals surface area contributed by atoms with Crippen molar-refractivity contribution in [2.75, 3.05) is 30.9 Å². The molecule has 0 fully saturated rings. The molecule has 4 rings (SSSR count). The van der Waals surface area contributed by atoms with E-state index in [1.807, 2.05) is 0 Å². The number of anilines is 2. The van der Waals surface area contributed by atoms with Crippen molar-refractivity contribution in [3.63, 3.8) is 0 Å². The number of benzene rings is 4. The third-order valence-electron chi connectivity index (χ3n) is 5.70. The van der Waals surface area contributed by atoms with Crippen molar-refractivity contribution in [3.8, 4) is 11.1 Å². The summed E-state index contributed by atoms with van der Waals surface area (Å²) in [6, 6.07) is 26.8. The quantitative estimate of drug-likeness (QED) is 0.402. The number of hydrogen-bond acceptors (Lipinski definition) is 2. The van der Waals surface area contributed by atoms with Crippen LogP contribution in [0.1, 0.15) is 13.8 Å². The first kappa shape index (κ1) is 18.4. The normalized spacial score (nSPS) is 11.4. The van der Waals surface area contributed by atoms with Crippen LogP contribution in [0, 0.1) is 0 Å². The zero-order chi connectivity index (χ0) is 19.8. The summed E-state index contributed by atoms with van der Waals surface area (Å²) in [5, 5.41) is 5.14. The fraction of sp³-hybridized carbons (Fsp3) is 0.231. The number of rotatable bonds is 4. The molecule has 4 aromatic rings. The predicted octanol–water partition coefficient (Wildman–Crippen LogP) is 6.57. The molecule has 0 N–H and O–H groups in total. The van der Waals surface area contributed by atoms with Gasteiger partial charge in [0.25, 0.3) is 0 Å². The second-order valence-electron chi connectivity index (χ2n) is 7.96. The summed E-state index contributed by atoms with van der Waals surface area (Å²) in [5.74, 6) is 0. The summed E-state index contributed by atoms with van der Waals surface area (Å²) < 4.78 is 0. The van der Waals surface area contributed by atoms with Gasteiger partial charge in [-0.05, 0) is 47.5 Å². The van der Waals surface area contributed by atoms with Crippen molar-refractivity contribution in [2.24, 2.45) is 0 Å². The second kappa shape index (κ2) is 7.20. The van der Waals surface area contributed by atoms with Gasteiger partial charge >= 0.3 is 0 Å². The lowest BCUT2D eigenvalue weighted by atomic mass is 9.90. The molecule has 0 saturated heterocycles. The first-order valence-electron chi connectivity index (χ1n) is 9.93. The van der Waals surface area contributed by atoms with Gasteiger partial charge in [0.05, 0.1) is 0 Å². The minimum Gasteiger partial charge on any atom is -0.377 e. The highest BCUT2D eigenvalue weighted by Gasteiger charge is 2.20. The lowest BCUT2D eigenvalue weighted by Gasteiger charge is -2.29. The smallest absolute Gasteiger partial charge is 0.0453 e. The SMILES string of the molecule is CC(C)N(C)c1ccc2ccccc2c1-c1c(N(C)C)ccc2ccccc12. The van der Waals surface area contributed by atoms with Gasteiger partial charge in [-0.3, -0.25) is 0 Å². The van der Waals surface area contributed by atoms with Crippen LogP contribution in [-0.2, 0) is 0 Å². The van der Waals surface area contributed by atoms with Gasteiger partial charge in [0, 0.05) is 49.7 Å². The predicted molar refractivity (Wildman–Crippen MR) is 125 cm³/mol. The van der Waals surface area contributed by atoms with Crippen LogP contribution in [-0.4, -0.2) is 27.2 Å². The summed E-state index contributed by atoms with van der Waals surface area (Å²) in [7, 11) is 6.45. The fourth-order valence-corrected chi connectivity index (χ4v) is 3.99. The van der Waals surface area contributed by atoms with Crippen LogP contribution in [0.3, 0.4) is 0 Å². The molecule has 0 saturated carbocycles. The Morgan fingerprint density at radius 2 is 1.04 bits per heavy atom. The maximum absolute atomic E-state index is 2.38. The Hall–Kier alpha value is -3.00. The summed E-state index contributed by atoms with van der Waals surface area (Å²) in [6.07, 6.45) is 0. The van der Waals surface area contributed by atoms with Crippen LogP contribution in [0.25, 0.3) is 32.7 Å². The Morgan fingerprint density at radius 1 is 0.571 bits per heavy atom. The molecule has 0 aliphatic heterocycles. The Bertz CT molecular complexity index is 1140. The highest BCUT2D eigenvalue weighted by molar-refractivity contribution is 6.13. The van der Waals surface area contributed by atoms with Gasteiger partial charge in [0.2, 0.25) is 0 Å². The summed E-state index contributed by atoms with van der Waals surface area (Å²) in [6.45, 7) is 4.49. The van der Waals surface area contributed by atoms with Crippen molar-refractivity contribution in [3.05, 3.63) is 72.8 Å². The van der Waals surface area contributed by atoms with Crippen LogP contribution >= 0.6 is 0 Å². The van der Waals surface area contributed by atoms with Crippen LogP contribution in [0.5, 0.6) is 0 Å². The van der Waals surface area contributed by atoms with E-state index in [9.17, 15) is 0 Å². The molecule has 2 nitrogen and oxygen atoms in total. The highest BCUT2D eigenvalue weighted by Crippen LogP contribution is 2.45. The van der Waals surface area contributed by atoms with Gasteiger partial charge in [-0.15, -0.1) is 0 Å². The van der Waals surface area contributed by atoms with Crippen LogP contribution in [0.2, 0.25) is 0 Å². The van der Waals surface area contributed by atoms with Crippen molar-refractivity contribution >= 4 is 32.9 Å². The zero-order valence-corrected chi connectivity index (χ0v) is 17.4. The molecule has 0 bridgehead atoms. The van der Waals surface area contributed by atoms with Gasteiger partial charge in [-0.2, -0.15) is 0 Å². The van der Waals surface area contributed by atoms with E-state index in [-0.39, 0.29) is 0 Å². The zero-order valence-electron chi connectivity index (χ0n) is 17.4. The van der Waals surface area contributed by atoms with Gasteiger partial charge < -0.3 is 9.80 Å². The van der Waals surface area contributed by atoms with E-state index in [4.69, 9.17) is 0 Å². The minimum absolute atomic E-state index is 0.415. The standard InChI is InChI=1S/C26H28N2/c1-18(2)28(5)24-17-15-20-11-7-9-13-22(20)26(24)25-21-12-8-6-10-19(21)14-16-23(25)27(3)4/h6-18H,1-5H3. The molecule has 0 amide bonds. The van der Waals surface area contributed by atoms with Gasteiger partial charge in [-0.25, -0.2) is 0 Å². The maximum atomic E-state index is 2.38. The number of hydrogen-bond donors (Lipinski definition) is 0. The maximum Gasteiger partial charge on any atom is 0.0453 e. The minimum atomic E-state index is 0.415. The Kier molecular flexibility index (Phi) is 4.72. The van der Waals surface area contributed by atoms with E-state index in [0.29, 0.717) is 6.04 Å². The summed E-state index contributed by atoms with van der Waals surface area (Å²) in [5.41, 5.74) is 5.14. The average Bonchev–Trinajstić information content (AvgIpc) is 2.71. The lowest BCUT2D eigenvalue weighted by Crippen LogP contribution is -2.26. The third-order valence-corrected chi connectivity index (χ3v) is 5.70. The molecule has 0 radical (unpaired) electrons. The fourth-order valence-electron chi connectivity index (χ4n) is 3.99. The van der Waals surface area contributed by atoms with E-state index >= 15 is 0 Å². The van der Waals surface area contributed by atoms with Gasteiger partial charge in [0.1, 0.15) is 0 Å². The first-order chi connectivity index (χ1) is 13.5. The molecule has 0 spiro atoms. The molecule has 0 heterocycles. The topological polar surface area (TPSA) is 6.48 Å². The second-order valence-corrected chi connectivity index (χ2v) is 7.96. The molecule has 0 aromatic heterocycles. The van der Waals surface area contributed by atoms with E-state index in [1.54, 1.807) is 0 Å². The van der Waals surface area contributed by atoms with Crippen molar-refractivity contribution in [2.45, 2.75) is 19.9 Å². The van der Waals surface area contributed by atoms with Crippen LogP contribution in [0.15, 0.2) is 72.8 Å². The first-order valence-corrected chi connectivity index (χ1v) is 9.93. The average molecular weight is 369 g/mol. The van der Waals surface area contributed by atoms with Crippen molar-refractivity contribution in [1.82, 2.24) is 0 Å². The molecule has 0 aliphatic rings. The van der Waals surface area contributed by atoms with E-state index in [0.717, 1.165) is 0 Å². The van der Waals surface area contributed by atoms with E-state index in [1.165, 1.54) is 44.0 Å². The molecular weight excluding hydrogens is 340 g/mol. The number of fused-ring (bicyclic) bond motifs is 2. The third kappa shape index (κ3) is 2.99. The molecule has 28 heavy (non-hydrogen) atoms. The monoisotopic (exact) mass is 368 g/mol. The van der Waals surface area contributed by atoms with Crippen LogP contribution in [0.4, 0.5) is 11.4 Å². The molecular formula is C26H28N2.